The van der Waals surface area contributed by atoms with Crippen LogP contribution in [0, 0.1) is 12.7 Å². The quantitative estimate of drug-likeness (QED) is 0.799. The summed E-state index contributed by atoms with van der Waals surface area (Å²) in [4.78, 5) is 23.8. The first-order valence-corrected chi connectivity index (χ1v) is 7.47. The number of aryl methyl sites for hydroxylation is 1. The molecule has 2 N–H and O–H groups in total. The minimum absolute atomic E-state index is 0.167. The lowest BCUT2D eigenvalue weighted by Crippen LogP contribution is -2.28. The molecule has 0 aromatic heterocycles. The number of ether oxygens (including phenoxy) is 1. The third-order valence-electron chi connectivity index (χ3n) is 3.48. The highest BCUT2D eigenvalue weighted by atomic mass is 19.1. The molecule has 0 aliphatic carbocycles. The summed E-state index contributed by atoms with van der Waals surface area (Å²) >= 11 is 0. The molecule has 0 radical (unpaired) electrons. The standard InChI is InChI=1S/C18H19FN2O3/c1-12-7-8-13(9-15(12)19)10-21-17(22)11-24-18(23)14-5-3-4-6-16(14)20-2/h3-9,20H,10-11H2,1-2H3,(H,21,22). The third-order valence-corrected chi connectivity index (χ3v) is 3.48. The molecule has 0 unspecified atom stereocenters. The topological polar surface area (TPSA) is 67.4 Å². The zero-order valence-corrected chi connectivity index (χ0v) is 13.6. The molecule has 2 rings (SSSR count). The maximum Gasteiger partial charge on any atom is 0.340 e. The highest BCUT2D eigenvalue weighted by Gasteiger charge is 2.13. The van der Waals surface area contributed by atoms with E-state index in [1.165, 1.54) is 6.07 Å². The van der Waals surface area contributed by atoms with Crippen molar-refractivity contribution in [3.8, 4) is 0 Å². The predicted octanol–water partition coefficient (Wildman–Crippen LogP) is 2.65. The molecule has 0 aliphatic heterocycles. The van der Waals surface area contributed by atoms with Gasteiger partial charge in [-0.1, -0.05) is 24.3 Å². The molecule has 0 aliphatic rings. The van der Waals surface area contributed by atoms with Crippen molar-refractivity contribution in [2.45, 2.75) is 13.5 Å². The first kappa shape index (κ1) is 17.5. The van der Waals surface area contributed by atoms with Crippen molar-refractivity contribution in [2.75, 3.05) is 19.0 Å². The van der Waals surface area contributed by atoms with Crippen LogP contribution in [0.5, 0.6) is 0 Å². The van der Waals surface area contributed by atoms with Crippen molar-refractivity contribution in [2.24, 2.45) is 0 Å². The summed E-state index contributed by atoms with van der Waals surface area (Å²) in [6.07, 6.45) is 0. The lowest BCUT2D eigenvalue weighted by Gasteiger charge is -2.09. The van der Waals surface area contributed by atoms with Gasteiger partial charge in [0.15, 0.2) is 6.61 Å². The molecule has 2 aromatic rings. The molecular formula is C18H19FN2O3. The zero-order chi connectivity index (χ0) is 17.5. The number of esters is 1. The van der Waals surface area contributed by atoms with Crippen LogP contribution in [0.1, 0.15) is 21.5 Å². The number of benzene rings is 2. The van der Waals surface area contributed by atoms with Crippen molar-refractivity contribution >= 4 is 17.6 Å². The Morgan fingerprint density at radius 2 is 1.92 bits per heavy atom. The Labute approximate surface area is 139 Å². The lowest BCUT2D eigenvalue weighted by atomic mass is 10.1. The van der Waals surface area contributed by atoms with E-state index < -0.39 is 18.5 Å². The molecule has 6 heteroatoms. The highest BCUT2D eigenvalue weighted by molar-refractivity contribution is 5.96. The second-order valence-electron chi connectivity index (χ2n) is 5.23. The number of hydrogen-bond acceptors (Lipinski definition) is 4. The maximum atomic E-state index is 13.4. The summed E-state index contributed by atoms with van der Waals surface area (Å²) in [6, 6.07) is 11.6. The highest BCUT2D eigenvalue weighted by Crippen LogP contribution is 2.15. The molecule has 0 heterocycles. The van der Waals surface area contributed by atoms with Gasteiger partial charge in [0.05, 0.1) is 5.56 Å². The second kappa shape index (κ2) is 8.10. The van der Waals surface area contributed by atoms with E-state index in [1.54, 1.807) is 50.4 Å². The Bertz CT molecular complexity index is 747. The number of amides is 1. The van der Waals surface area contributed by atoms with E-state index in [0.29, 0.717) is 22.4 Å². The van der Waals surface area contributed by atoms with Gasteiger partial charge >= 0.3 is 5.97 Å². The van der Waals surface area contributed by atoms with Crippen LogP contribution in [-0.4, -0.2) is 25.5 Å². The molecule has 126 valence electrons. The van der Waals surface area contributed by atoms with E-state index in [0.717, 1.165) is 0 Å². The Morgan fingerprint density at radius 1 is 1.17 bits per heavy atom. The van der Waals surface area contributed by atoms with Crippen LogP contribution in [0.2, 0.25) is 0 Å². The van der Waals surface area contributed by atoms with Crippen LogP contribution in [0.4, 0.5) is 10.1 Å². The predicted molar refractivity (Wildman–Crippen MR) is 89.3 cm³/mol. The van der Waals surface area contributed by atoms with Gasteiger partial charge in [0, 0.05) is 19.3 Å². The Kier molecular flexibility index (Phi) is 5.89. The summed E-state index contributed by atoms with van der Waals surface area (Å²) in [6.45, 7) is 1.44. The molecule has 24 heavy (non-hydrogen) atoms. The average Bonchev–Trinajstić information content (AvgIpc) is 2.60. The van der Waals surface area contributed by atoms with Crippen molar-refractivity contribution in [1.82, 2.24) is 5.32 Å². The number of nitrogens with one attached hydrogen (secondary N) is 2. The van der Waals surface area contributed by atoms with Gasteiger partial charge in [-0.25, -0.2) is 9.18 Å². The Hall–Kier alpha value is -2.89. The van der Waals surface area contributed by atoms with E-state index in [9.17, 15) is 14.0 Å². The molecule has 0 spiro atoms. The van der Waals surface area contributed by atoms with Gasteiger partial charge in [-0.05, 0) is 36.2 Å². The van der Waals surface area contributed by atoms with Crippen LogP contribution in [0.25, 0.3) is 0 Å². The van der Waals surface area contributed by atoms with E-state index in [4.69, 9.17) is 4.74 Å². The Balaban J connectivity index is 1.84. The van der Waals surface area contributed by atoms with Crippen molar-refractivity contribution in [3.05, 3.63) is 65.0 Å². The molecule has 0 atom stereocenters. The largest absolute Gasteiger partial charge is 0.452 e. The summed E-state index contributed by atoms with van der Waals surface area (Å²) in [5.74, 6) is -1.36. The summed E-state index contributed by atoms with van der Waals surface area (Å²) in [5.41, 5.74) is 2.16. The van der Waals surface area contributed by atoms with Gasteiger partial charge in [-0.15, -0.1) is 0 Å². The number of carbonyl (C=O) groups excluding carboxylic acids is 2. The zero-order valence-electron chi connectivity index (χ0n) is 13.6. The van der Waals surface area contributed by atoms with Crippen LogP contribution in [0.15, 0.2) is 42.5 Å². The molecule has 5 nitrogen and oxygen atoms in total. The number of halogens is 1. The van der Waals surface area contributed by atoms with Crippen LogP contribution in [-0.2, 0) is 16.1 Å². The van der Waals surface area contributed by atoms with Gasteiger partial charge in [0.25, 0.3) is 5.91 Å². The van der Waals surface area contributed by atoms with Crippen LogP contribution in [0.3, 0.4) is 0 Å². The Morgan fingerprint density at radius 3 is 2.62 bits per heavy atom. The van der Waals surface area contributed by atoms with Gasteiger partial charge in [-0.3, -0.25) is 4.79 Å². The van der Waals surface area contributed by atoms with Crippen molar-refractivity contribution < 1.29 is 18.7 Å². The number of para-hydroxylation sites is 1. The number of anilines is 1. The number of rotatable bonds is 6. The van der Waals surface area contributed by atoms with E-state index in [2.05, 4.69) is 10.6 Å². The first-order chi connectivity index (χ1) is 11.5. The fraction of sp³-hybridized carbons (Fsp3) is 0.222. The average molecular weight is 330 g/mol. The summed E-state index contributed by atoms with van der Waals surface area (Å²) in [5, 5.41) is 5.47. The molecule has 2 aromatic carbocycles. The molecule has 0 saturated heterocycles. The third kappa shape index (κ3) is 4.55. The summed E-state index contributed by atoms with van der Waals surface area (Å²) in [7, 11) is 1.69. The minimum Gasteiger partial charge on any atom is -0.452 e. The van der Waals surface area contributed by atoms with E-state index in [-0.39, 0.29) is 12.4 Å². The lowest BCUT2D eigenvalue weighted by molar-refractivity contribution is -0.124. The van der Waals surface area contributed by atoms with Crippen molar-refractivity contribution in [3.63, 3.8) is 0 Å². The van der Waals surface area contributed by atoms with Gasteiger partial charge in [0.1, 0.15) is 5.82 Å². The molecule has 0 saturated carbocycles. The summed E-state index contributed by atoms with van der Waals surface area (Å²) < 4.78 is 18.4. The van der Waals surface area contributed by atoms with Crippen LogP contribution < -0.4 is 10.6 Å². The SMILES string of the molecule is CNc1ccccc1C(=O)OCC(=O)NCc1ccc(C)c(F)c1. The first-order valence-electron chi connectivity index (χ1n) is 7.47. The fourth-order valence-corrected chi connectivity index (χ4v) is 2.09. The normalized spacial score (nSPS) is 10.1. The molecular weight excluding hydrogens is 311 g/mol. The monoisotopic (exact) mass is 330 g/mol. The fourth-order valence-electron chi connectivity index (χ4n) is 2.09. The van der Waals surface area contributed by atoms with E-state index in [1.807, 2.05) is 0 Å². The molecule has 0 fully saturated rings. The van der Waals surface area contributed by atoms with Gasteiger partial charge in [-0.2, -0.15) is 0 Å². The minimum atomic E-state index is -0.587. The smallest absolute Gasteiger partial charge is 0.340 e. The number of hydrogen-bond donors (Lipinski definition) is 2. The number of carbonyl (C=O) groups is 2. The van der Waals surface area contributed by atoms with Crippen LogP contribution >= 0.6 is 0 Å². The molecule has 1 amide bonds. The van der Waals surface area contributed by atoms with E-state index >= 15 is 0 Å². The maximum absolute atomic E-state index is 13.4. The molecule has 0 bridgehead atoms. The second-order valence-corrected chi connectivity index (χ2v) is 5.23. The van der Waals surface area contributed by atoms with Crippen molar-refractivity contribution in [1.29, 1.82) is 0 Å². The van der Waals surface area contributed by atoms with Gasteiger partial charge in [0.2, 0.25) is 0 Å². The van der Waals surface area contributed by atoms with Gasteiger partial charge < -0.3 is 15.4 Å².